The highest BCUT2D eigenvalue weighted by Gasteiger charge is 2.16. The summed E-state index contributed by atoms with van der Waals surface area (Å²) in [6, 6.07) is 8.58. The second kappa shape index (κ2) is 7.55. The summed E-state index contributed by atoms with van der Waals surface area (Å²) in [6.45, 7) is 1.61. The molecule has 1 amide bonds. The van der Waals surface area contributed by atoms with Gasteiger partial charge in [-0.3, -0.25) is 4.79 Å². The maximum absolute atomic E-state index is 11.9. The highest BCUT2D eigenvalue weighted by molar-refractivity contribution is 7.99. The highest BCUT2D eigenvalue weighted by atomic mass is 32.2. The van der Waals surface area contributed by atoms with Crippen molar-refractivity contribution in [1.82, 2.24) is 10.6 Å². The Kier molecular flexibility index (Phi) is 5.73. The molecule has 1 aliphatic rings. The van der Waals surface area contributed by atoms with E-state index in [4.69, 9.17) is 0 Å². The monoisotopic (exact) mass is 293 g/mol. The van der Waals surface area contributed by atoms with Crippen molar-refractivity contribution in [3.05, 3.63) is 29.8 Å². The van der Waals surface area contributed by atoms with E-state index in [2.05, 4.69) is 39.8 Å². The summed E-state index contributed by atoms with van der Waals surface area (Å²) in [7, 11) is 4.04. The van der Waals surface area contributed by atoms with Crippen LogP contribution in [-0.2, 0) is 11.3 Å². The normalized spacial score (nSPS) is 18.6. The van der Waals surface area contributed by atoms with E-state index in [-0.39, 0.29) is 5.91 Å². The molecule has 1 aliphatic heterocycles. The van der Waals surface area contributed by atoms with Gasteiger partial charge in [-0.15, -0.1) is 0 Å². The predicted octanol–water partition coefficient (Wildman–Crippen LogP) is 1.46. The van der Waals surface area contributed by atoms with E-state index in [1.165, 1.54) is 5.69 Å². The Balaban J connectivity index is 1.74. The number of nitrogens with zero attached hydrogens (tertiary/aromatic N) is 1. The summed E-state index contributed by atoms with van der Waals surface area (Å²) in [5, 5.41) is 6.37. The zero-order valence-corrected chi connectivity index (χ0v) is 13.0. The number of carbonyl (C=O) groups is 1. The van der Waals surface area contributed by atoms with E-state index < -0.39 is 0 Å². The summed E-state index contributed by atoms with van der Waals surface area (Å²) in [4.78, 5) is 14.0. The Bertz CT molecular complexity index is 427. The summed E-state index contributed by atoms with van der Waals surface area (Å²) in [5.41, 5.74) is 2.30. The third kappa shape index (κ3) is 4.72. The van der Waals surface area contributed by atoms with Gasteiger partial charge in [0.15, 0.2) is 0 Å². The van der Waals surface area contributed by atoms with Gasteiger partial charge in [-0.05, 0) is 17.7 Å². The van der Waals surface area contributed by atoms with Crippen molar-refractivity contribution in [2.75, 3.05) is 37.0 Å². The second-order valence-electron chi connectivity index (χ2n) is 5.27. The smallest absolute Gasteiger partial charge is 0.221 e. The van der Waals surface area contributed by atoms with Crippen molar-refractivity contribution in [2.45, 2.75) is 19.0 Å². The van der Waals surface area contributed by atoms with Crippen LogP contribution in [0.25, 0.3) is 0 Å². The van der Waals surface area contributed by atoms with Gasteiger partial charge >= 0.3 is 0 Å². The molecule has 1 unspecified atom stereocenters. The average Bonchev–Trinajstić information content (AvgIpc) is 2.46. The number of anilines is 1. The third-order valence-electron chi connectivity index (χ3n) is 3.37. The maximum atomic E-state index is 11.9. The van der Waals surface area contributed by atoms with Crippen molar-refractivity contribution in [2.24, 2.45) is 0 Å². The van der Waals surface area contributed by atoms with E-state index >= 15 is 0 Å². The lowest BCUT2D eigenvalue weighted by atomic mass is 10.2. The molecule has 2 N–H and O–H groups in total. The van der Waals surface area contributed by atoms with E-state index in [1.54, 1.807) is 0 Å². The number of hydrogen-bond acceptors (Lipinski definition) is 4. The molecule has 0 aliphatic carbocycles. The molecule has 1 fully saturated rings. The number of carbonyl (C=O) groups excluding carboxylic acids is 1. The van der Waals surface area contributed by atoms with Crippen molar-refractivity contribution >= 4 is 23.4 Å². The molecule has 1 heterocycles. The van der Waals surface area contributed by atoms with Crippen LogP contribution in [-0.4, -0.2) is 44.1 Å². The van der Waals surface area contributed by atoms with Gasteiger partial charge in [-0.1, -0.05) is 12.1 Å². The minimum Gasteiger partial charge on any atom is -0.378 e. The summed E-state index contributed by atoms with van der Waals surface area (Å²) >= 11 is 1.92. The van der Waals surface area contributed by atoms with E-state index in [0.29, 0.717) is 19.0 Å². The van der Waals surface area contributed by atoms with Crippen LogP contribution in [0.4, 0.5) is 5.69 Å². The van der Waals surface area contributed by atoms with Gasteiger partial charge < -0.3 is 15.5 Å². The minimum absolute atomic E-state index is 0.127. The topological polar surface area (TPSA) is 44.4 Å². The van der Waals surface area contributed by atoms with Gasteiger partial charge in [0.05, 0.1) is 0 Å². The Hall–Kier alpha value is -1.20. The highest BCUT2D eigenvalue weighted by Crippen LogP contribution is 2.12. The summed E-state index contributed by atoms with van der Waals surface area (Å²) in [6.07, 6.45) is 0.572. The van der Waals surface area contributed by atoms with Crippen LogP contribution in [0.3, 0.4) is 0 Å². The SMILES string of the molecule is CN(C)c1ccc(CNC(=O)CC2CSCCN2)cc1. The number of hydrogen-bond donors (Lipinski definition) is 2. The van der Waals surface area contributed by atoms with Crippen molar-refractivity contribution in [3.8, 4) is 0 Å². The fourth-order valence-electron chi connectivity index (χ4n) is 2.16. The van der Waals surface area contributed by atoms with Gasteiger partial charge in [0.1, 0.15) is 0 Å². The average molecular weight is 293 g/mol. The number of nitrogens with one attached hydrogen (secondary N) is 2. The van der Waals surface area contributed by atoms with Crippen LogP contribution in [0, 0.1) is 0 Å². The zero-order chi connectivity index (χ0) is 14.4. The first-order chi connectivity index (χ1) is 9.65. The first-order valence-electron chi connectivity index (χ1n) is 6.99. The number of benzene rings is 1. The van der Waals surface area contributed by atoms with Gasteiger partial charge in [-0.2, -0.15) is 11.8 Å². The van der Waals surface area contributed by atoms with E-state index in [0.717, 1.165) is 23.6 Å². The number of thioether (sulfide) groups is 1. The Labute approximate surface area is 125 Å². The standard InChI is InChI=1S/C15H23N3OS/c1-18(2)14-5-3-12(4-6-14)10-17-15(19)9-13-11-20-8-7-16-13/h3-6,13,16H,7-11H2,1-2H3,(H,17,19). The van der Waals surface area contributed by atoms with Gasteiger partial charge in [0.25, 0.3) is 0 Å². The molecule has 5 heteroatoms. The second-order valence-corrected chi connectivity index (χ2v) is 6.42. The van der Waals surface area contributed by atoms with Crippen LogP contribution in [0.1, 0.15) is 12.0 Å². The summed E-state index contributed by atoms with van der Waals surface area (Å²) < 4.78 is 0. The number of amides is 1. The maximum Gasteiger partial charge on any atom is 0.221 e. The molecule has 20 heavy (non-hydrogen) atoms. The van der Waals surface area contributed by atoms with Crippen molar-refractivity contribution < 1.29 is 4.79 Å². The fourth-order valence-corrected chi connectivity index (χ4v) is 3.11. The van der Waals surface area contributed by atoms with Crippen molar-refractivity contribution in [1.29, 1.82) is 0 Å². The molecule has 1 aromatic rings. The molecular formula is C15H23N3OS. The largest absolute Gasteiger partial charge is 0.378 e. The molecule has 110 valence electrons. The third-order valence-corrected chi connectivity index (χ3v) is 4.50. The molecule has 0 spiro atoms. The molecular weight excluding hydrogens is 270 g/mol. The van der Waals surface area contributed by atoms with Gasteiger partial charge in [-0.25, -0.2) is 0 Å². The molecule has 0 aromatic heterocycles. The Morgan fingerprint density at radius 1 is 1.40 bits per heavy atom. The fraction of sp³-hybridized carbons (Fsp3) is 0.533. The summed E-state index contributed by atoms with van der Waals surface area (Å²) in [5.74, 6) is 2.31. The molecule has 4 nitrogen and oxygen atoms in total. The zero-order valence-electron chi connectivity index (χ0n) is 12.2. The first-order valence-corrected chi connectivity index (χ1v) is 8.14. The van der Waals surface area contributed by atoms with E-state index in [9.17, 15) is 4.79 Å². The molecule has 1 saturated heterocycles. The van der Waals surface area contributed by atoms with E-state index in [1.807, 2.05) is 25.9 Å². The molecule has 1 atom stereocenters. The molecule has 1 aromatic carbocycles. The predicted molar refractivity (Wildman–Crippen MR) is 86.3 cm³/mol. The van der Waals surface area contributed by atoms with Crippen LogP contribution in [0.2, 0.25) is 0 Å². The molecule has 2 rings (SSSR count). The van der Waals surface area contributed by atoms with Crippen LogP contribution >= 0.6 is 11.8 Å². The lowest BCUT2D eigenvalue weighted by Gasteiger charge is -2.22. The molecule has 0 bridgehead atoms. The van der Waals surface area contributed by atoms with Gasteiger partial charge in [0.2, 0.25) is 5.91 Å². The molecule has 0 radical (unpaired) electrons. The van der Waals surface area contributed by atoms with Crippen LogP contribution in [0.5, 0.6) is 0 Å². The lowest BCUT2D eigenvalue weighted by Crippen LogP contribution is -2.41. The lowest BCUT2D eigenvalue weighted by molar-refractivity contribution is -0.121. The van der Waals surface area contributed by atoms with Crippen molar-refractivity contribution in [3.63, 3.8) is 0 Å². The number of rotatable bonds is 5. The van der Waals surface area contributed by atoms with Crippen LogP contribution < -0.4 is 15.5 Å². The van der Waals surface area contributed by atoms with Gasteiger partial charge in [0, 0.05) is 56.8 Å². The van der Waals surface area contributed by atoms with Crippen LogP contribution in [0.15, 0.2) is 24.3 Å². The Morgan fingerprint density at radius 2 is 2.15 bits per heavy atom. The Morgan fingerprint density at radius 3 is 2.75 bits per heavy atom. The quantitative estimate of drug-likeness (QED) is 0.863. The first kappa shape index (κ1) is 15.2. The minimum atomic E-state index is 0.127. The molecule has 0 saturated carbocycles.